The van der Waals surface area contributed by atoms with Crippen molar-refractivity contribution in [2.24, 2.45) is 0 Å². The van der Waals surface area contributed by atoms with E-state index in [2.05, 4.69) is 9.47 Å². The van der Waals surface area contributed by atoms with Crippen molar-refractivity contribution >= 4 is 29.1 Å². The van der Waals surface area contributed by atoms with E-state index in [1.54, 1.807) is 6.07 Å². The molecule has 1 N–H and O–H groups in total. The molecule has 0 bridgehead atoms. The number of hydrogen-bond donors (Lipinski definition) is 1. The van der Waals surface area contributed by atoms with Gasteiger partial charge in [-0.15, -0.1) is 0 Å². The zero-order valence-electron chi connectivity index (χ0n) is 15.2. The summed E-state index contributed by atoms with van der Waals surface area (Å²) in [5.74, 6) is -2.07. The number of amides is 1. The molecule has 0 atom stereocenters. The number of carbonyl (C=O) groups is 1. The van der Waals surface area contributed by atoms with E-state index >= 15 is 0 Å². The van der Waals surface area contributed by atoms with Crippen molar-refractivity contribution in [3.05, 3.63) is 57.6 Å². The molecule has 2 aromatic carbocycles. The largest absolute Gasteiger partial charge is 0.484 e. The predicted molar refractivity (Wildman–Crippen MR) is 98.3 cm³/mol. The third-order valence-electron chi connectivity index (χ3n) is 3.43. The predicted octanol–water partition coefficient (Wildman–Crippen LogP) is 5.74. The van der Waals surface area contributed by atoms with Crippen LogP contribution in [0.4, 0.5) is 26.3 Å². The molecule has 1 amide bonds. The Kier molecular flexibility index (Phi) is 8.27. The maximum atomic E-state index is 12.4. The van der Waals surface area contributed by atoms with Gasteiger partial charge in [0, 0.05) is 15.6 Å². The van der Waals surface area contributed by atoms with Crippen molar-refractivity contribution in [3.8, 4) is 11.5 Å². The van der Waals surface area contributed by atoms with E-state index in [0.29, 0.717) is 5.56 Å². The molecular formula is C18H13Cl2F6NO4. The van der Waals surface area contributed by atoms with Crippen molar-refractivity contribution in [2.45, 2.75) is 19.0 Å². The van der Waals surface area contributed by atoms with Gasteiger partial charge in [-0.3, -0.25) is 9.63 Å². The van der Waals surface area contributed by atoms with E-state index in [4.69, 9.17) is 28.0 Å². The molecule has 170 valence electrons. The second kappa shape index (κ2) is 10.3. The Morgan fingerprint density at radius 2 is 1.48 bits per heavy atom. The van der Waals surface area contributed by atoms with Crippen molar-refractivity contribution in [1.29, 1.82) is 0 Å². The van der Waals surface area contributed by atoms with Gasteiger partial charge >= 0.3 is 12.4 Å². The van der Waals surface area contributed by atoms with Gasteiger partial charge in [0.2, 0.25) is 0 Å². The number of alkyl halides is 6. The Morgan fingerprint density at radius 1 is 0.903 bits per heavy atom. The second-order valence-electron chi connectivity index (χ2n) is 5.89. The summed E-state index contributed by atoms with van der Waals surface area (Å²) >= 11 is 11.9. The normalized spacial score (nSPS) is 11.9. The average molecular weight is 492 g/mol. The zero-order valence-corrected chi connectivity index (χ0v) is 16.8. The average Bonchev–Trinajstić information content (AvgIpc) is 2.66. The minimum absolute atomic E-state index is 0.235. The lowest BCUT2D eigenvalue weighted by Gasteiger charge is -2.15. The molecule has 0 aliphatic heterocycles. The molecule has 0 aromatic heterocycles. The smallest absolute Gasteiger partial charge is 0.422 e. The van der Waals surface area contributed by atoms with Crippen molar-refractivity contribution in [2.75, 3.05) is 13.2 Å². The number of carbonyl (C=O) groups excluding carboxylic acids is 1. The maximum absolute atomic E-state index is 12.4. The van der Waals surface area contributed by atoms with Gasteiger partial charge in [0.1, 0.15) is 18.1 Å². The van der Waals surface area contributed by atoms with Gasteiger partial charge in [0.15, 0.2) is 13.2 Å². The summed E-state index contributed by atoms with van der Waals surface area (Å²) in [5.41, 5.74) is 1.72. The van der Waals surface area contributed by atoms with Crippen LogP contribution >= 0.6 is 23.2 Å². The Hall–Kier alpha value is -2.37. The molecule has 0 saturated carbocycles. The van der Waals surface area contributed by atoms with E-state index < -0.39 is 48.5 Å². The molecule has 0 fully saturated rings. The van der Waals surface area contributed by atoms with E-state index in [0.717, 1.165) is 18.2 Å². The molecule has 0 heterocycles. The van der Waals surface area contributed by atoms with E-state index in [1.165, 1.54) is 12.1 Å². The van der Waals surface area contributed by atoms with Crippen LogP contribution in [0.15, 0.2) is 36.4 Å². The lowest BCUT2D eigenvalue weighted by Crippen LogP contribution is -2.26. The first kappa shape index (κ1) is 24.9. The summed E-state index contributed by atoms with van der Waals surface area (Å²) in [5, 5.41) is 0.469. The van der Waals surface area contributed by atoms with E-state index in [-0.39, 0.29) is 16.7 Å². The molecule has 2 aromatic rings. The third kappa shape index (κ3) is 8.35. The summed E-state index contributed by atoms with van der Waals surface area (Å²) in [7, 11) is 0. The number of hydroxylamine groups is 1. The monoisotopic (exact) mass is 491 g/mol. The highest BCUT2D eigenvalue weighted by molar-refractivity contribution is 6.35. The summed E-state index contributed by atoms with van der Waals surface area (Å²) in [6.07, 6.45) is -9.37. The molecule has 31 heavy (non-hydrogen) atoms. The van der Waals surface area contributed by atoms with Crippen LogP contribution < -0.4 is 15.0 Å². The molecule has 0 radical (unpaired) electrons. The second-order valence-corrected chi connectivity index (χ2v) is 6.70. The SMILES string of the molecule is O=C(NOCc1c(Cl)cccc1Cl)c1cc(OCC(F)(F)F)ccc1OCC(F)(F)F. The number of nitrogens with one attached hydrogen (secondary N) is 1. The van der Waals surface area contributed by atoms with E-state index in [9.17, 15) is 31.1 Å². The van der Waals surface area contributed by atoms with Crippen LogP contribution in [-0.4, -0.2) is 31.5 Å². The highest BCUT2D eigenvalue weighted by atomic mass is 35.5. The molecule has 0 spiro atoms. The van der Waals surface area contributed by atoms with Crippen molar-refractivity contribution < 1.29 is 45.4 Å². The molecular weight excluding hydrogens is 479 g/mol. The van der Waals surface area contributed by atoms with Crippen LogP contribution in [-0.2, 0) is 11.4 Å². The first-order chi connectivity index (χ1) is 14.4. The van der Waals surface area contributed by atoms with Gasteiger partial charge in [-0.25, -0.2) is 5.48 Å². The van der Waals surface area contributed by atoms with Gasteiger partial charge in [-0.2, -0.15) is 26.3 Å². The number of rotatable bonds is 8. The highest BCUT2D eigenvalue weighted by Crippen LogP contribution is 2.28. The summed E-state index contributed by atoms with van der Waals surface area (Å²) in [4.78, 5) is 17.3. The zero-order chi connectivity index (χ0) is 23.2. The summed E-state index contributed by atoms with van der Waals surface area (Å²) in [6.45, 7) is -3.70. The van der Waals surface area contributed by atoms with Crippen LogP contribution in [0, 0.1) is 0 Å². The molecule has 5 nitrogen and oxygen atoms in total. The molecule has 2 rings (SSSR count). The molecule has 0 saturated heterocycles. The maximum Gasteiger partial charge on any atom is 0.422 e. The van der Waals surface area contributed by atoms with Crippen LogP contribution in [0.1, 0.15) is 15.9 Å². The van der Waals surface area contributed by atoms with Crippen LogP contribution in [0.3, 0.4) is 0 Å². The highest BCUT2D eigenvalue weighted by Gasteiger charge is 2.30. The number of halogens is 8. The van der Waals surface area contributed by atoms with Crippen LogP contribution in [0.2, 0.25) is 10.0 Å². The van der Waals surface area contributed by atoms with Gasteiger partial charge in [-0.1, -0.05) is 29.3 Å². The Bertz CT molecular complexity index is 901. The molecule has 0 unspecified atom stereocenters. The Morgan fingerprint density at radius 3 is 2.06 bits per heavy atom. The third-order valence-corrected chi connectivity index (χ3v) is 4.14. The number of ether oxygens (including phenoxy) is 2. The van der Waals surface area contributed by atoms with E-state index in [1.807, 2.05) is 5.48 Å². The van der Waals surface area contributed by atoms with Gasteiger partial charge < -0.3 is 9.47 Å². The first-order valence-corrected chi connectivity index (χ1v) is 8.99. The van der Waals surface area contributed by atoms with Gasteiger partial charge in [-0.05, 0) is 30.3 Å². The fourth-order valence-electron chi connectivity index (χ4n) is 2.13. The number of hydrogen-bond acceptors (Lipinski definition) is 4. The van der Waals surface area contributed by atoms with Crippen molar-refractivity contribution in [3.63, 3.8) is 0 Å². The lowest BCUT2D eigenvalue weighted by atomic mass is 10.2. The van der Waals surface area contributed by atoms with Crippen LogP contribution in [0.25, 0.3) is 0 Å². The van der Waals surface area contributed by atoms with Gasteiger partial charge in [0.25, 0.3) is 5.91 Å². The standard InChI is InChI=1S/C18H13Cl2F6NO4/c19-13-2-1-3-14(20)12(13)7-31-27-16(28)11-6-10(29-8-17(21,22)23)4-5-15(11)30-9-18(24,25)26/h1-6H,7-9H2,(H,27,28). The molecule has 0 aliphatic carbocycles. The molecule has 13 heteroatoms. The fourth-order valence-corrected chi connectivity index (χ4v) is 2.63. The minimum Gasteiger partial charge on any atom is -0.484 e. The Balaban J connectivity index is 2.15. The molecule has 0 aliphatic rings. The Labute approximate surface area is 181 Å². The van der Waals surface area contributed by atoms with Crippen molar-refractivity contribution in [1.82, 2.24) is 5.48 Å². The minimum atomic E-state index is -4.71. The first-order valence-electron chi connectivity index (χ1n) is 8.24. The lowest BCUT2D eigenvalue weighted by molar-refractivity contribution is -0.154. The quantitative estimate of drug-likeness (QED) is 0.378. The summed E-state index contributed by atoms with van der Waals surface area (Å²) < 4.78 is 83.4. The summed E-state index contributed by atoms with van der Waals surface area (Å²) in [6, 6.07) is 7.19. The fraction of sp³-hybridized carbons (Fsp3) is 0.278. The van der Waals surface area contributed by atoms with Crippen LogP contribution in [0.5, 0.6) is 11.5 Å². The number of benzene rings is 2. The topological polar surface area (TPSA) is 56.8 Å². The van der Waals surface area contributed by atoms with Gasteiger partial charge in [0.05, 0.1) is 5.56 Å².